The van der Waals surface area contributed by atoms with Crippen LogP contribution in [0.2, 0.25) is 0 Å². The van der Waals surface area contributed by atoms with Crippen molar-refractivity contribution in [3.8, 4) is 0 Å². The molecular formula is C19H30N6O14P2. The Bertz CT molecular complexity index is 1350. The number of hydrogen-bond acceptors (Lipinski definition) is 15. The predicted octanol–water partition coefficient (Wildman–Crippen LogP) is -2.31. The summed E-state index contributed by atoms with van der Waals surface area (Å²) >= 11 is 0. The van der Waals surface area contributed by atoms with Gasteiger partial charge in [0.25, 0.3) is 0 Å². The molecule has 6 atom stereocenters. The number of phosphoric ester groups is 2. The summed E-state index contributed by atoms with van der Waals surface area (Å²) in [5, 5.41) is 33.1. The summed E-state index contributed by atoms with van der Waals surface area (Å²) in [6, 6.07) is 0. The van der Waals surface area contributed by atoms with E-state index < -0.39 is 89.8 Å². The molecule has 0 saturated carbocycles. The van der Waals surface area contributed by atoms with Crippen molar-refractivity contribution in [1.29, 1.82) is 0 Å². The van der Waals surface area contributed by atoms with Gasteiger partial charge in [-0.2, -0.15) is 0 Å². The number of anilines is 1. The van der Waals surface area contributed by atoms with Crippen molar-refractivity contribution in [2.75, 3.05) is 25.5 Å². The van der Waals surface area contributed by atoms with Crippen molar-refractivity contribution >= 4 is 44.5 Å². The van der Waals surface area contributed by atoms with E-state index in [1.165, 1.54) is 24.7 Å². The number of rotatable bonds is 13. The number of hydrogen-bond donors (Lipinski definition) is 8. The van der Waals surface area contributed by atoms with Crippen LogP contribution in [0.15, 0.2) is 12.7 Å². The Morgan fingerprint density at radius 2 is 1.85 bits per heavy atom. The Labute approximate surface area is 231 Å². The lowest BCUT2D eigenvalue weighted by Crippen LogP contribution is -2.46. The molecule has 41 heavy (non-hydrogen) atoms. The molecule has 1 aliphatic rings. The van der Waals surface area contributed by atoms with Crippen molar-refractivity contribution in [3.63, 3.8) is 0 Å². The lowest BCUT2D eigenvalue weighted by Gasteiger charge is -2.29. The summed E-state index contributed by atoms with van der Waals surface area (Å²) in [5.41, 5.74) is 4.71. The first kappa shape index (κ1) is 32.9. The third-order valence-corrected chi connectivity index (χ3v) is 7.21. The van der Waals surface area contributed by atoms with E-state index in [2.05, 4.69) is 29.3 Å². The van der Waals surface area contributed by atoms with Gasteiger partial charge in [-0.1, -0.05) is 13.8 Å². The van der Waals surface area contributed by atoms with Crippen molar-refractivity contribution < 1.29 is 67.0 Å². The number of nitrogens with zero attached hydrogens (tertiary/aromatic N) is 4. The molecule has 230 valence electrons. The molecule has 9 N–H and O–H groups in total. The lowest BCUT2D eigenvalue weighted by atomic mass is 9.87. The van der Waals surface area contributed by atoms with E-state index in [-0.39, 0.29) is 17.0 Å². The zero-order valence-electron chi connectivity index (χ0n) is 21.6. The highest BCUT2D eigenvalue weighted by atomic mass is 31.2. The molecule has 1 amide bonds. The van der Waals surface area contributed by atoms with Gasteiger partial charge < -0.3 is 45.4 Å². The van der Waals surface area contributed by atoms with Crippen LogP contribution in [-0.4, -0.2) is 106 Å². The molecular weight excluding hydrogens is 598 g/mol. The van der Waals surface area contributed by atoms with E-state index in [0.717, 1.165) is 6.33 Å². The third-order valence-electron chi connectivity index (χ3n) is 5.84. The number of carbonyl (C=O) groups excluding carboxylic acids is 2. The van der Waals surface area contributed by atoms with Crippen molar-refractivity contribution in [3.05, 3.63) is 12.7 Å². The summed E-state index contributed by atoms with van der Waals surface area (Å²) in [6.07, 6.45) is -5.73. The van der Waals surface area contributed by atoms with E-state index in [4.69, 9.17) is 24.8 Å². The number of phosphoric acid groups is 2. The first-order valence-electron chi connectivity index (χ1n) is 11.7. The number of carbonyl (C=O) groups is 2. The second-order valence-electron chi connectivity index (χ2n) is 9.55. The third kappa shape index (κ3) is 8.46. The number of fused-ring (bicyclic) bond motifs is 1. The molecule has 0 radical (unpaired) electrons. The lowest BCUT2D eigenvalue weighted by molar-refractivity contribution is -0.138. The van der Waals surface area contributed by atoms with Crippen molar-refractivity contribution in [2.45, 2.75) is 50.9 Å². The topological polar surface area (TPSA) is 308 Å². The van der Waals surface area contributed by atoms with E-state index in [1.54, 1.807) is 0 Å². The quantitative estimate of drug-likeness (QED) is 0.108. The van der Waals surface area contributed by atoms with Crippen molar-refractivity contribution in [1.82, 2.24) is 24.8 Å². The number of aliphatic hydroxyl groups excluding tert-OH is 3. The molecule has 20 nitrogen and oxygen atoms in total. The van der Waals surface area contributed by atoms with Crippen molar-refractivity contribution in [2.24, 2.45) is 5.41 Å². The number of nitrogens with two attached hydrogens (primary N) is 1. The highest BCUT2D eigenvalue weighted by molar-refractivity contribution is 7.48. The molecule has 1 fully saturated rings. The monoisotopic (exact) mass is 628 g/mol. The van der Waals surface area contributed by atoms with E-state index >= 15 is 0 Å². The van der Waals surface area contributed by atoms with Gasteiger partial charge >= 0.3 is 21.6 Å². The molecule has 0 bridgehead atoms. The maximum Gasteiger partial charge on any atom is 0.529 e. The standard InChI is InChI=1S/C19H30N6O14P2/c1-19(2,6-37-40(31,32)33)14(29)17(30)21-4-3-10(26)39-41(34,35)36-5-9-12(27)13(28)18(38-9)25-8-24-11-15(20)22-7-23-16(11)25/h7-9,12-14,18,27-29H,3-6H2,1-2H3,(H,21,30)(H,34,35)(H2,20,22,23)(H2,31,32,33)/t9-,12-,13-,14+,18-/m1/s1. The van der Waals surface area contributed by atoms with Crippen LogP contribution in [-0.2, 0) is 37.0 Å². The van der Waals surface area contributed by atoms with Crippen LogP contribution < -0.4 is 11.1 Å². The second kappa shape index (κ2) is 12.7. The summed E-state index contributed by atoms with van der Waals surface area (Å²) in [6.45, 7) is 0.699. The zero-order valence-corrected chi connectivity index (χ0v) is 23.4. The van der Waals surface area contributed by atoms with Crippen LogP contribution in [0.4, 0.5) is 5.82 Å². The number of ether oxygens (including phenoxy) is 1. The van der Waals surface area contributed by atoms with E-state index in [9.17, 15) is 38.9 Å². The van der Waals surface area contributed by atoms with Crippen LogP contribution in [0.3, 0.4) is 0 Å². The first-order valence-corrected chi connectivity index (χ1v) is 14.7. The van der Waals surface area contributed by atoms with Gasteiger partial charge in [-0.25, -0.2) is 24.1 Å². The molecule has 3 rings (SSSR count). The fourth-order valence-electron chi connectivity index (χ4n) is 3.59. The highest BCUT2D eigenvalue weighted by Crippen LogP contribution is 2.45. The maximum atomic E-state index is 12.2. The number of aromatic nitrogens is 4. The van der Waals surface area contributed by atoms with Crippen LogP contribution in [0.25, 0.3) is 11.2 Å². The fraction of sp³-hybridized carbons (Fsp3) is 0.632. The minimum absolute atomic E-state index is 0.0667. The number of nitrogen functional groups attached to an aromatic ring is 1. The van der Waals surface area contributed by atoms with Gasteiger partial charge in [0.15, 0.2) is 17.7 Å². The molecule has 0 spiro atoms. The van der Waals surface area contributed by atoms with Gasteiger partial charge in [0, 0.05) is 12.0 Å². The Hall–Kier alpha value is -2.61. The molecule has 0 aromatic carbocycles. The highest BCUT2D eigenvalue weighted by Gasteiger charge is 2.45. The average molecular weight is 628 g/mol. The molecule has 0 aliphatic carbocycles. The molecule has 1 unspecified atom stereocenters. The fourth-order valence-corrected chi connectivity index (χ4v) is 4.83. The number of amides is 1. The Morgan fingerprint density at radius 1 is 1.17 bits per heavy atom. The average Bonchev–Trinajstić information content (AvgIpc) is 3.42. The summed E-state index contributed by atoms with van der Waals surface area (Å²) in [4.78, 5) is 63.4. The number of nitrogens with one attached hydrogen (secondary N) is 1. The van der Waals surface area contributed by atoms with Crippen LogP contribution in [0.5, 0.6) is 0 Å². The van der Waals surface area contributed by atoms with Crippen LogP contribution >= 0.6 is 15.6 Å². The second-order valence-corrected chi connectivity index (χ2v) is 12.2. The molecule has 2 aromatic heterocycles. The van der Waals surface area contributed by atoms with E-state index in [1.807, 2.05) is 0 Å². The van der Waals surface area contributed by atoms with Gasteiger partial charge in [0.05, 0.1) is 26.0 Å². The Balaban J connectivity index is 1.47. The predicted molar refractivity (Wildman–Crippen MR) is 133 cm³/mol. The normalized spacial score (nSPS) is 23.7. The minimum Gasteiger partial charge on any atom is -0.387 e. The largest absolute Gasteiger partial charge is 0.529 e. The molecule has 1 saturated heterocycles. The number of imidazole rings is 1. The van der Waals surface area contributed by atoms with Gasteiger partial charge in [-0.3, -0.25) is 28.1 Å². The first-order chi connectivity index (χ1) is 18.9. The van der Waals surface area contributed by atoms with Gasteiger partial charge in [-0.15, -0.1) is 0 Å². The zero-order chi connectivity index (χ0) is 30.8. The molecule has 22 heteroatoms. The van der Waals surface area contributed by atoms with Crippen LogP contribution in [0.1, 0.15) is 26.5 Å². The molecule has 1 aliphatic heterocycles. The van der Waals surface area contributed by atoms with Gasteiger partial charge in [-0.05, 0) is 0 Å². The summed E-state index contributed by atoms with van der Waals surface area (Å²) in [5.74, 6) is -2.22. The van der Waals surface area contributed by atoms with Crippen LogP contribution in [0, 0.1) is 5.41 Å². The van der Waals surface area contributed by atoms with Gasteiger partial charge in [0.2, 0.25) is 5.91 Å². The SMILES string of the molecule is CC(C)(COP(=O)(O)O)[C@@H](O)C(=O)NCCC(=O)OP(=O)(O)OC[C@H]1O[C@@H](n2cnc3c(N)ncnc32)[C@H](O)[C@@H]1O. The smallest absolute Gasteiger partial charge is 0.387 e. The maximum absolute atomic E-state index is 12.2. The summed E-state index contributed by atoms with van der Waals surface area (Å²) in [7, 11) is -9.88. The Kier molecular flexibility index (Phi) is 10.2. The molecule has 2 aromatic rings. The molecule has 3 heterocycles. The minimum atomic E-state index is -5.04. The van der Waals surface area contributed by atoms with E-state index in [0.29, 0.717) is 0 Å². The number of aliphatic hydroxyl groups is 3. The van der Waals surface area contributed by atoms with Gasteiger partial charge in [0.1, 0.15) is 36.3 Å². The Morgan fingerprint density at radius 3 is 2.51 bits per heavy atom. The summed E-state index contributed by atoms with van der Waals surface area (Å²) < 4.78 is 43.3.